The molecule has 1 aromatic carbocycles. The number of carbonyl (C=O) groups excluding carboxylic acids is 1. The fraction of sp³-hybridized carbons (Fsp3) is 0.360. The van der Waals surface area contributed by atoms with Gasteiger partial charge in [0.2, 0.25) is 5.91 Å². The van der Waals surface area contributed by atoms with Crippen LogP contribution in [0.1, 0.15) is 35.4 Å². The Labute approximate surface area is 193 Å². The van der Waals surface area contributed by atoms with Crippen molar-refractivity contribution in [3.63, 3.8) is 0 Å². The van der Waals surface area contributed by atoms with E-state index in [9.17, 15) is 4.79 Å². The Morgan fingerprint density at radius 2 is 2.06 bits per heavy atom. The summed E-state index contributed by atoms with van der Waals surface area (Å²) in [4.78, 5) is 24.7. The Hall–Kier alpha value is -3.68. The smallest absolute Gasteiger partial charge is 0.227 e. The average Bonchev–Trinajstić information content (AvgIpc) is 3.15. The van der Waals surface area contributed by atoms with Gasteiger partial charge in [0, 0.05) is 18.3 Å². The zero-order valence-electron chi connectivity index (χ0n) is 19.0. The molecule has 1 spiro atoms. The Morgan fingerprint density at radius 3 is 2.85 bits per heavy atom. The molecule has 1 amide bonds. The van der Waals surface area contributed by atoms with Crippen LogP contribution in [0.25, 0.3) is 0 Å². The lowest BCUT2D eigenvalue weighted by atomic mass is 9.85. The minimum absolute atomic E-state index is 0.0738. The number of anilines is 2. The number of amidine groups is 1. The first-order valence-corrected chi connectivity index (χ1v) is 11.3. The zero-order valence-corrected chi connectivity index (χ0v) is 19.0. The number of aryl methyl sites for hydroxylation is 2. The predicted octanol–water partition coefficient (Wildman–Crippen LogP) is 3.73. The lowest BCUT2D eigenvalue weighted by molar-refractivity contribution is -0.131. The molecule has 5 rings (SSSR count). The molecule has 33 heavy (non-hydrogen) atoms. The minimum atomic E-state index is -0.489. The maximum atomic E-state index is 13.3. The first kappa shape index (κ1) is 21.2. The summed E-state index contributed by atoms with van der Waals surface area (Å²) in [6, 6.07) is 14.1. The summed E-state index contributed by atoms with van der Waals surface area (Å²) in [6.45, 7) is 5.54. The molecule has 2 aromatic heterocycles. The molecule has 4 heterocycles. The summed E-state index contributed by atoms with van der Waals surface area (Å²) in [5.41, 5.74) is 3.22. The quantitative estimate of drug-likeness (QED) is 0.637. The summed E-state index contributed by atoms with van der Waals surface area (Å²) in [7, 11) is 0. The molecule has 3 aromatic rings. The fourth-order valence-corrected chi connectivity index (χ4v) is 4.68. The molecule has 0 aliphatic carbocycles. The van der Waals surface area contributed by atoms with Crippen LogP contribution in [0.2, 0.25) is 0 Å². The molecular weight excluding hydrogens is 416 g/mol. The molecule has 2 N–H and O–H groups in total. The highest BCUT2D eigenvalue weighted by Gasteiger charge is 2.44. The maximum Gasteiger partial charge on any atom is 0.227 e. The van der Waals surface area contributed by atoms with Crippen LogP contribution in [0.3, 0.4) is 0 Å². The van der Waals surface area contributed by atoms with Crippen LogP contribution >= 0.6 is 0 Å². The van der Waals surface area contributed by atoms with Crippen molar-refractivity contribution in [3.8, 4) is 0 Å². The Kier molecular flexibility index (Phi) is 5.58. The summed E-state index contributed by atoms with van der Waals surface area (Å²) in [5, 5.41) is 11.1. The second-order valence-electron chi connectivity index (χ2n) is 8.78. The number of rotatable bonds is 4. The highest BCUT2D eigenvalue weighted by atomic mass is 16.5. The molecule has 2 aliphatic heterocycles. The molecule has 1 fully saturated rings. The number of pyridine rings is 1. The number of amides is 1. The van der Waals surface area contributed by atoms with Crippen LogP contribution in [0.4, 0.5) is 11.5 Å². The topological polar surface area (TPSA) is 95.7 Å². The molecule has 8 nitrogen and oxygen atoms in total. The second-order valence-corrected chi connectivity index (χ2v) is 8.78. The highest BCUT2D eigenvalue weighted by Crippen LogP contribution is 2.35. The molecule has 0 bridgehead atoms. The SMILES string of the molecule is Cc1noc(C)c1CC(=O)N1CCC[C@@]2(C1)Nc1cccnc1NC2=NCc1ccccc1. The lowest BCUT2D eigenvalue weighted by Gasteiger charge is -2.47. The van der Waals surface area contributed by atoms with Crippen LogP contribution in [0.5, 0.6) is 0 Å². The van der Waals surface area contributed by atoms with E-state index >= 15 is 0 Å². The van der Waals surface area contributed by atoms with E-state index in [-0.39, 0.29) is 5.91 Å². The number of piperidine rings is 1. The van der Waals surface area contributed by atoms with Crippen LogP contribution < -0.4 is 10.6 Å². The molecule has 170 valence electrons. The number of likely N-dealkylation sites (tertiary alicyclic amines) is 1. The first-order chi connectivity index (χ1) is 16.0. The third-order valence-electron chi connectivity index (χ3n) is 6.49. The standard InChI is InChI=1S/C25H28N6O2/c1-17-20(18(2)33-30-17)14-22(32)31-13-7-11-25(16-31)24(27-15-19-8-4-3-5-9-19)28-23-21(29-25)10-6-12-26-23/h3-6,8-10,12,29H,7,11,13-16H2,1-2H3,(H,26,27,28)/t25-/m0/s1. The molecule has 8 heteroatoms. The summed E-state index contributed by atoms with van der Waals surface area (Å²) >= 11 is 0. The van der Waals surface area contributed by atoms with Gasteiger partial charge >= 0.3 is 0 Å². The zero-order chi connectivity index (χ0) is 22.8. The monoisotopic (exact) mass is 444 g/mol. The van der Waals surface area contributed by atoms with Crippen molar-refractivity contribution in [1.29, 1.82) is 0 Å². The van der Waals surface area contributed by atoms with Crippen molar-refractivity contribution in [3.05, 3.63) is 71.2 Å². The van der Waals surface area contributed by atoms with Gasteiger partial charge in [-0.15, -0.1) is 0 Å². The summed E-state index contributed by atoms with van der Waals surface area (Å²) in [5.74, 6) is 2.36. The number of aromatic nitrogens is 2. The van der Waals surface area contributed by atoms with E-state index in [4.69, 9.17) is 9.52 Å². The fourth-order valence-electron chi connectivity index (χ4n) is 4.68. The van der Waals surface area contributed by atoms with Crippen molar-refractivity contribution in [2.45, 2.75) is 45.2 Å². The lowest BCUT2D eigenvalue weighted by Crippen LogP contribution is -2.62. The van der Waals surface area contributed by atoms with E-state index in [0.717, 1.165) is 53.5 Å². The first-order valence-electron chi connectivity index (χ1n) is 11.3. The van der Waals surface area contributed by atoms with Crippen molar-refractivity contribution >= 4 is 23.2 Å². The number of carbonyl (C=O) groups is 1. The third-order valence-corrected chi connectivity index (χ3v) is 6.49. The van der Waals surface area contributed by atoms with E-state index < -0.39 is 5.54 Å². The summed E-state index contributed by atoms with van der Waals surface area (Å²) in [6.07, 6.45) is 3.80. The van der Waals surface area contributed by atoms with Gasteiger partial charge in [0.15, 0.2) is 5.82 Å². The normalized spacial score (nSPS) is 20.9. The Morgan fingerprint density at radius 1 is 1.21 bits per heavy atom. The maximum absolute atomic E-state index is 13.3. The third kappa shape index (κ3) is 4.20. The number of fused-ring (bicyclic) bond motifs is 1. The number of hydrogen-bond donors (Lipinski definition) is 2. The van der Waals surface area contributed by atoms with Gasteiger partial charge < -0.3 is 20.1 Å². The van der Waals surface area contributed by atoms with E-state index in [1.807, 2.05) is 49.1 Å². The highest BCUT2D eigenvalue weighted by molar-refractivity contribution is 6.09. The largest absolute Gasteiger partial charge is 0.368 e. The van der Waals surface area contributed by atoms with E-state index in [2.05, 4.69) is 32.9 Å². The average molecular weight is 445 g/mol. The Bertz CT molecular complexity index is 1170. The van der Waals surface area contributed by atoms with Gasteiger partial charge in [-0.2, -0.15) is 0 Å². The molecule has 1 atom stereocenters. The van der Waals surface area contributed by atoms with Gasteiger partial charge in [0.05, 0.1) is 30.9 Å². The number of aliphatic imine (C=N–C) groups is 1. The number of hydrogen-bond acceptors (Lipinski definition) is 6. The van der Waals surface area contributed by atoms with Gasteiger partial charge in [-0.25, -0.2) is 4.98 Å². The molecule has 0 unspecified atom stereocenters. The van der Waals surface area contributed by atoms with Crippen LogP contribution in [-0.4, -0.2) is 45.4 Å². The van der Waals surface area contributed by atoms with Gasteiger partial charge in [-0.3, -0.25) is 9.79 Å². The number of nitrogens with zero attached hydrogens (tertiary/aromatic N) is 4. The molecule has 2 aliphatic rings. The molecule has 0 saturated carbocycles. The van der Waals surface area contributed by atoms with Crippen molar-refractivity contribution in [1.82, 2.24) is 15.0 Å². The number of nitrogens with one attached hydrogen (secondary N) is 2. The molecule has 1 saturated heterocycles. The van der Waals surface area contributed by atoms with Gasteiger partial charge in [0.25, 0.3) is 0 Å². The van der Waals surface area contributed by atoms with E-state index in [0.29, 0.717) is 25.3 Å². The second kappa shape index (κ2) is 8.69. The predicted molar refractivity (Wildman–Crippen MR) is 127 cm³/mol. The number of benzene rings is 1. The van der Waals surface area contributed by atoms with Crippen LogP contribution in [0, 0.1) is 13.8 Å². The van der Waals surface area contributed by atoms with Crippen LogP contribution in [-0.2, 0) is 17.8 Å². The van der Waals surface area contributed by atoms with Crippen LogP contribution in [0.15, 0.2) is 58.2 Å². The molecular formula is C25H28N6O2. The summed E-state index contributed by atoms with van der Waals surface area (Å²) < 4.78 is 5.25. The van der Waals surface area contributed by atoms with Gasteiger partial charge in [0.1, 0.15) is 17.1 Å². The Balaban J connectivity index is 1.43. The van der Waals surface area contributed by atoms with Gasteiger partial charge in [-0.05, 0) is 44.4 Å². The van der Waals surface area contributed by atoms with E-state index in [1.54, 1.807) is 6.20 Å². The van der Waals surface area contributed by atoms with Crippen molar-refractivity contribution in [2.75, 3.05) is 23.7 Å². The van der Waals surface area contributed by atoms with Crippen molar-refractivity contribution < 1.29 is 9.32 Å². The van der Waals surface area contributed by atoms with Crippen molar-refractivity contribution in [2.24, 2.45) is 4.99 Å². The van der Waals surface area contributed by atoms with Gasteiger partial charge in [-0.1, -0.05) is 35.5 Å². The minimum Gasteiger partial charge on any atom is -0.368 e. The van der Waals surface area contributed by atoms with E-state index in [1.165, 1.54) is 0 Å². The molecule has 0 radical (unpaired) electrons.